The van der Waals surface area contributed by atoms with Crippen LogP contribution in [-0.4, -0.2) is 55.0 Å². The van der Waals surface area contributed by atoms with Crippen molar-refractivity contribution < 1.29 is 9.18 Å². The lowest BCUT2D eigenvalue weighted by molar-refractivity contribution is 0.0640. The van der Waals surface area contributed by atoms with Gasteiger partial charge in [-0.05, 0) is 24.6 Å². The zero-order valence-electron chi connectivity index (χ0n) is 11.2. The number of piperazine rings is 1. The summed E-state index contributed by atoms with van der Waals surface area (Å²) in [6.45, 7) is 6.34. The number of carbonyl (C=O) groups excluding carboxylic acids is 1. The van der Waals surface area contributed by atoms with Crippen molar-refractivity contribution >= 4 is 5.91 Å². The van der Waals surface area contributed by atoms with Gasteiger partial charge in [0.05, 0.1) is 0 Å². The summed E-state index contributed by atoms with van der Waals surface area (Å²) in [5.41, 5.74) is 6.80. The van der Waals surface area contributed by atoms with E-state index in [1.165, 1.54) is 12.1 Å². The Morgan fingerprint density at radius 2 is 2.00 bits per heavy atom. The summed E-state index contributed by atoms with van der Waals surface area (Å²) in [4.78, 5) is 16.4. The quantitative estimate of drug-likeness (QED) is 0.881. The van der Waals surface area contributed by atoms with Gasteiger partial charge in [-0.15, -0.1) is 0 Å². The van der Waals surface area contributed by atoms with Gasteiger partial charge in [0.2, 0.25) is 0 Å². The summed E-state index contributed by atoms with van der Waals surface area (Å²) < 4.78 is 13.2. The number of aryl methyl sites for hydroxylation is 1. The Labute approximate surface area is 113 Å². The second-order valence-electron chi connectivity index (χ2n) is 4.88. The fourth-order valence-corrected chi connectivity index (χ4v) is 2.35. The van der Waals surface area contributed by atoms with Gasteiger partial charge in [-0.25, -0.2) is 4.39 Å². The zero-order valence-corrected chi connectivity index (χ0v) is 11.2. The van der Waals surface area contributed by atoms with E-state index in [9.17, 15) is 9.18 Å². The minimum atomic E-state index is -0.365. The number of nitrogens with zero attached hydrogens (tertiary/aromatic N) is 2. The normalized spacial score (nSPS) is 16.7. The van der Waals surface area contributed by atoms with Crippen molar-refractivity contribution in [1.82, 2.24) is 9.80 Å². The fourth-order valence-electron chi connectivity index (χ4n) is 2.35. The van der Waals surface area contributed by atoms with Gasteiger partial charge in [-0.3, -0.25) is 9.69 Å². The van der Waals surface area contributed by atoms with Crippen molar-refractivity contribution in [3.05, 3.63) is 35.1 Å². The van der Waals surface area contributed by atoms with E-state index >= 15 is 0 Å². The first kappa shape index (κ1) is 14.0. The van der Waals surface area contributed by atoms with Gasteiger partial charge >= 0.3 is 0 Å². The molecule has 1 aliphatic rings. The molecule has 0 aromatic heterocycles. The first-order chi connectivity index (χ1) is 9.11. The number of hydrogen-bond acceptors (Lipinski definition) is 3. The number of benzene rings is 1. The molecule has 1 heterocycles. The van der Waals surface area contributed by atoms with Crippen LogP contribution in [0.15, 0.2) is 18.2 Å². The van der Waals surface area contributed by atoms with E-state index in [2.05, 4.69) is 4.90 Å². The topological polar surface area (TPSA) is 49.6 Å². The van der Waals surface area contributed by atoms with Gasteiger partial charge < -0.3 is 10.6 Å². The lowest BCUT2D eigenvalue weighted by Gasteiger charge is -2.34. The Morgan fingerprint density at radius 1 is 1.32 bits per heavy atom. The Kier molecular flexibility index (Phi) is 4.50. The third kappa shape index (κ3) is 3.30. The summed E-state index contributed by atoms with van der Waals surface area (Å²) in [5.74, 6) is -0.444. The van der Waals surface area contributed by atoms with Crippen LogP contribution in [0.4, 0.5) is 4.39 Å². The number of carbonyl (C=O) groups is 1. The Hall–Kier alpha value is -1.46. The highest BCUT2D eigenvalue weighted by Gasteiger charge is 2.22. The van der Waals surface area contributed by atoms with Gasteiger partial charge in [0.25, 0.3) is 5.91 Å². The minimum absolute atomic E-state index is 0.0793. The molecule has 4 nitrogen and oxygen atoms in total. The zero-order chi connectivity index (χ0) is 13.8. The fraction of sp³-hybridized carbons (Fsp3) is 0.500. The number of hydrogen-bond donors (Lipinski definition) is 1. The summed E-state index contributed by atoms with van der Waals surface area (Å²) in [6, 6.07) is 4.35. The van der Waals surface area contributed by atoms with Gasteiger partial charge in [0.1, 0.15) is 5.82 Å². The maximum atomic E-state index is 13.2. The van der Waals surface area contributed by atoms with Crippen LogP contribution >= 0.6 is 0 Å². The lowest BCUT2D eigenvalue weighted by atomic mass is 10.1. The lowest BCUT2D eigenvalue weighted by Crippen LogP contribution is -2.49. The maximum Gasteiger partial charge on any atom is 0.254 e. The molecule has 2 rings (SSSR count). The predicted octanol–water partition coefficient (Wildman–Crippen LogP) is 0.851. The predicted molar refractivity (Wildman–Crippen MR) is 72.5 cm³/mol. The molecule has 0 unspecified atom stereocenters. The van der Waals surface area contributed by atoms with Crippen LogP contribution in [0.5, 0.6) is 0 Å². The van der Waals surface area contributed by atoms with E-state index < -0.39 is 0 Å². The molecule has 1 amide bonds. The average molecular weight is 265 g/mol. The largest absolute Gasteiger partial charge is 0.336 e. The van der Waals surface area contributed by atoms with Gasteiger partial charge in [-0.1, -0.05) is 6.07 Å². The van der Waals surface area contributed by atoms with E-state index in [4.69, 9.17) is 5.73 Å². The molecule has 104 valence electrons. The van der Waals surface area contributed by atoms with Crippen LogP contribution in [0.1, 0.15) is 15.9 Å². The molecule has 0 bridgehead atoms. The van der Waals surface area contributed by atoms with E-state index in [1.54, 1.807) is 11.0 Å². The van der Waals surface area contributed by atoms with Crippen LogP contribution in [0.2, 0.25) is 0 Å². The highest BCUT2D eigenvalue weighted by molar-refractivity contribution is 5.95. The van der Waals surface area contributed by atoms with E-state index in [1.807, 2.05) is 6.92 Å². The molecule has 1 fully saturated rings. The third-order valence-corrected chi connectivity index (χ3v) is 3.53. The number of halogens is 1. The molecule has 0 spiro atoms. The number of rotatable bonds is 3. The monoisotopic (exact) mass is 265 g/mol. The summed E-state index contributed by atoms with van der Waals surface area (Å²) in [7, 11) is 0. The Balaban J connectivity index is 2.03. The molecular weight excluding hydrogens is 245 g/mol. The molecule has 0 saturated carbocycles. The van der Waals surface area contributed by atoms with Crippen LogP contribution in [0.25, 0.3) is 0 Å². The highest BCUT2D eigenvalue weighted by atomic mass is 19.1. The van der Waals surface area contributed by atoms with Crippen molar-refractivity contribution in [3.63, 3.8) is 0 Å². The molecule has 1 aromatic rings. The second kappa shape index (κ2) is 6.12. The number of nitrogens with two attached hydrogens (primary N) is 1. The molecule has 5 heteroatoms. The van der Waals surface area contributed by atoms with Crippen molar-refractivity contribution in [1.29, 1.82) is 0 Å². The number of amides is 1. The van der Waals surface area contributed by atoms with Crippen LogP contribution < -0.4 is 5.73 Å². The van der Waals surface area contributed by atoms with Crippen molar-refractivity contribution in [2.24, 2.45) is 5.73 Å². The molecular formula is C14H20FN3O. The van der Waals surface area contributed by atoms with E-state index in [0.29, 0.717) is 25.2 Å². The molecule has 0 radical (unpaired) electrons. The standard InChI is InChI=1S/C14H20FN3O/c1-11-2-3-12(15)10-13(11)14(19)18-8-6-17(5-4-16)7-9-18/h2-3,10H,4-9,16H2,1H3. The first-order valence-corrected chi connectivity index (χ1v) is 6.59. The smallest absolute Gasteiger partial charge is 0.254 e. The summed E-state index contributed by atoms with van der Waals surface area (Å²) >= 11 is 0. The van der Waals surface area contributed by atoms with Crippen LogP contribution in [-0.2, 0) is 0 Å². The highest BCUT2D eigenvalue weighted by Crippen LogP contribution is 2.14. The van der Waals surface area contributed by atoms with Crippen molar-refractivity contribution in [2.75, 3.05) is 39.3 Å². The van der Waals surface area contributed by atoms with E-state index in [0.717, 1.165) is 25.2 Å². The molecule has 1 aromatic carbocycles. The summed E-state index contributed by atoms with van der Waals surface area (Å²) in [6.07, 6.45) is 0. The van der Waals surface area contributed by atoms with Gasteiger partial charge in [0.15, 0.2) is 0 Å². The molecule has 0 atom stereocenters. The van der Waals surface area contributed by atoms with Crippen molar-refractivity contribution in [2.45, 2.75) is 6.92 Å². The maximum absolute atomic E-state index is 13.2. The third-order valence-electron chi connectivity index (χ3n) is 3.53. The molecule has 1 aliphatic heterocycles. The van der Waals surface area contributed by atoms with Crippen LogP contribution in [0, 0.1) is 12.7 Å². The summed E-state index contributed by atoms with van der Waals surface area (Å²) in [5, 5.41) is 0. The molecule has 0 aliphatic carbocycles. The SMILES string of the molecule is Cc1ccc(F)cc1C(=O)N1CCN(CCN)CC1. The van der Waals surface area contributed by atoms with Crippen molar-refractivity contribution in [3.8, 4) is 0 Å². The Morgan fingerprint density at radius 3 is 2.63 bits per heavy atom. The van der Waals surface area contributed by atoms with E-state index in [-0.39, 0.29) is 11.7 Å². The molecule has 1 saturated heterocycles. The van der Waals surface area contributed by atoms with Gasteiger partial charge in [0, 0.05) is 44.8 Å². The van der Waals surface area contributed by atoms with Gasteiger partial charge in [-0.2, -0.15) is 0 Å². The molecule has 2 N–H and O–H groups in total. The Bertz CT molecular complexity index is 456. The minimum Gasteiger partial charge on any atom is -0.336 e. The first-order valence-electron chi connectivity index (χ1n) is 6.59. The average Bonchev–Trinajstić information content (AvgIpc) is 2.42. The molecule has 19 heavy (non-hydrogen) atoms. The second-order valence-corrected chi connectivity index (χ2v) is 4.88. The van der Waals surface area contributed by atoms with Crippen LogP contribution in [0.3, 0.4) is 0 Å².